The normalized spacial score (nSPS) is 11.9. The van der Waals surface area contributed by atoms with Gasteiger partial charge in [0, 0.05) is 58.5 Å². The molecule has 6 heteroatoms. The average Bonchev–Trinajstić information content (AvgIpc) is 3.95. The van der Waals surface area contributed by atoms with Crippen LogP contribution < -0.4 is 0 Å². The van der Waals surface area contributed by atoms with Crippen molar-refractivity contribution in [3.8, 4) is 51.0 Å². The van der Waals surface area contributed by atoms with Gasteiger partial charge in [0.25, 0.3) is 0 Å². The molecule has 12 aromatic rings. The quantitative estimate of drug-likeness (QED) is 0.176. The van der Waals surface area contributed by atoms with Gasteiger partial charge in [-0.15, -0.1) is 11.3 Å². The first-order valence-corrected chi connectivity index (χ1v) is 19.8. The lowest BCUT2D eigenvalue weighted by atomic mass is 10.0. The summed E-state index contributed by atoms with van der Waals surface area (Å²) in [5, 5.41) is 7.06. The number of furan rings is 1. The van der Waals surface area contributed by atoms with Crippen LogP contribution in [0, 0.1) is 0 Å². The minimum atomic E-state index is 0.577. The Morgan fingerprint density at radius 2 is 1.04 bits per heavy atom. The number of rotatable bonds is 5. The van der Waals surface area contributed by atoms with Crippen LogP contribution in [0.25, 0.3) is 115 Å². The van der Waals surface area contributed by atoms with Gasteiger partial charge in [-0.05, 0) is 65.7 Å². The minimum absolute atomic E-state index is 0.577. The fourth-order valence-electron chi connectivity index (χ4n) is 8.37. The van der Waals surface area contributed by atoms with E-state index in [4.69, 9.17) is 19.4 Å². The highest BCUT2D eigenvalue weighted by Crippen LogP contribution is 2.41. The molecule has 0 atom stereocenters. The summed E-state index contributed by atoms with van der Waals surface area (Å²) < 4.78 is 11.2. The third-order valence-electron chi connectivity index (χ3n) is 11.1. The lowest BCUT2D eigenvalue weighted by molar-refractivity contribution is 0.669. The number of benzene rings is 8. The molecule has 0 saturated carbocycles. The lowest BCUT2D eigenvalue weighted by Gasteiger charge is -2.09. The lowest BCUT2D eigenvalue weighted by Crippen LogP contribution is -2.00. The summed E-state index contributed by atoms with van der Waals surface area (Å²) in [6.45, 7) is 0. The van der Waals surface area contributed by atoms with Crippen molar-refractivity contribution in [1.82, 2.24) is 19.5 Å². The summed E-state index contributed by atoms with van der Waals surface area (Å²) in [6, 6.07) is 64.0. The monoisotopic (exact) mass is 746 g/mol. The molecule has 0 fully saturated rings. The van der Waals surface area contributed by atoms with Gasteiger partial charge < -0.3 is 8.98 Å². The van der Waals surface area contributed by atoms with Crippen molar-refractivity contribution in [2.45, 2.75) is 0 Å². The van der Waals surface area contributed by atoms with Gasteiger partial charge >= 0.3 is 0 Å². The maximum atomic E-state index is 6.42. The Hall–Kier alpha value is -7.41. The van der Waals surface area contributed by atoms with Crippen molar-refractivity contribution in [3.05, 3.63) is 182 Å². The standard InChI is InChI=1S/C51H30N4OS/c1-3-12-31(13-4-1)49-52-50(54-51(53-49)41-19-11-18-40-38-17-8-10-21-45(38)56-48(40)41)34-23-26-39-42-28-32(24-27-46(42)57-47(39)30-34)33-22-25-37-36-16-7-9-20-43(36)55(44(37)29-33)35-14-5-2-6-15-35/h1-30H. The molecule has 12 rings (SSSR count). The molecule has 0 aliphatic rings. The molecule has 57 heavy (non-hydrogen) atoms. The van der Waals surface area contributed by atoms with Crippen molar-refractivity contribution < 1.29 is 4.42 Å². The van der Waals surface area contributed by atoms with Gasteiger partial charge in [0.05, 0.1) is 16.6 Å². The molecule has 0 amide bonds. The molecule has 0 saturated heterocycles. The van der Waals surface area contributed by atoms with Crippen molar-refractivity contribution in [2.24, 2.45) is 0 Å². The van der Waals surface area contributed by atoms with Crippen molar-refractivity contribution in [3.63, 3.8) is 0 Å². The van der Waals surface area contributed by atoms with Gasteiger partial charge in [-0.2, -0.15) is 0 Å². The maximum Gasteiger partial charge on any atom is 0.167 e. The van der Waals surface area contributed by atoms with Crippen LogP contribution in [0.2, 0.25) is 0 Å². The Bertz CT molecular complexity index is 3530. The second-order valence-electron chi connectivity index (χ2n) is 14.4. The van der Waals surface area contributed by atoms with Gasteiger partial charge in [-0.25, -0.2) is 15.0 Å². The van der Waals surface area contributed by atoms with E-state index >= 15 is 0 Å². The van der Waals surface area contributed by atoms with Crippen molar-refractivity contribution in [2.75, 3.05) is 0 Å². The number of aromatic nitrogens is 4. The van der Waals surface area contributed by atoms with Crippen molar-refractivity contribution in [1.29, 1.82) is 0 Å². The first-order chi connectivity index (χ1) is 28.2. The molecule has 8 aromatic carbocycles. The Balaban J connectivity index is 0.984. The van der Waals surface area contributed by atoms with Crippen LogP contribution in [0.4, 0.5) is 0 Å². The molecule has 0 bridgehead atoms. The number of hydrogen-bond acceptors (Lipinski definition) is 5. The first-order valence-electron chi connectivity index (χ1n) is 19.0. The van der Waals surface area contributed by atoms with Crippen LogP contribution in [-0.2, 0) is 0 Å². The molecule has 0 aliphatic carbocycles. The molecular formula is C51H30N4OS. The number of hydrogen-bond donors (Lipinski definition) is 0. The van der Waals surface area contributed by atoms with E-state index in [9.17, 15) is 0 Å². The van der Waals surface area contributed by atoms with Crippen LogP contribution >= 0.6 is 11.3 Å². The number of thiophene rings is 1. The number of fused-ring (bicyclic) bond motifs is 9. The molecule has 5 nitrogen and oxygen atoms in total. The van der Waals surface area contributed by atoms with Gasteiger partial charge in [0.15, 0.2) is 17.5 Å². The molecule has 0 aliphatic heterocycles. The zero-order chi connectivity index (χ0) is 37.5. The van der Waals surface area contributed by atoms with Crippen molar-refractivity contribution >= 4 is 75.3 Å². The second-order valence-corrected chi connectivity index (χ2v) is 15.5. The van der Waals surface area contributed by atoms with E-state index in [-0.39, 0.29) is 0 Å². The molecule has 0 spiro atoms. The zero-order valence-electron chi connectivity index (χ0n) is 30.4. The molecule has 0 radical (unpaired) electrons. The van der Waals surface area contributed by atoms with E-state index in [1.54, 1.807) is 11.3 Å². The highest BCUT2D eigenvalue weighted by atomic mass is 32.1. The molecule has 266 valence electrons. The third-order valence-corrected chi connectivity index (χ3v) is 12.2. The average molecular weight is 747 g/mol. The van der Waals surface area contributed by atoms with E-state index < -0.39 is 0 Å². The Labute approximate surface area is 330 Å². The maximum absolute atomic E-state index is 6.42. The highest BCUT2D eigenvalue weighted by molar-refractivity contribution is 7.25. The molecule has 0 unspecified atom stereocenters. The van der Waals surface area contributed by atoms with E-state index in [0.29, 0.717) is 17.5 Å². The molecule has 4 aromatic heterocycles. The van der Waals surface area contributed by atoms with Crippen LogP contribution in [0.5, 0.6) is 0 Å². The predicted octanol–water partition coefficient (Wildman–Crippen LogP) is 13.9. The number of para-hydroxylation sites is 4. The zero-order valence-corrected chi connectivity index (χ0v) is 31.2. The smallest absolute Gasteiger partial charge is 0.167 e. The minimum Gasteiger partial charge on any atom is -0.455 e. The second kappa shape index (κ2) is 12.6. The van der Waals surface area contributed by atoms with Crippen LogP contribution in [0.3, 0.4) is 0 Å². The van der Waals surface area contributed by atoms with E-state index in [1.807, 2.05) is 60.7 Å². The fourth-order valence-corrected chi connectivity index (χ4v) is 9.49. The fraction of sp³-hybridized carbons (Fsp3) is 0. The summed E-state index contributed by atoms with van der Waals surface area (Å²) in [4.78, 5) is 15.2. The van der Waals surface area contributed by atoms with Crippen LogP contribution in [0.15, 0.2) is 186 Å². The van der Waals surface area contributed by atoms with Gasteiger partial charge in [0.1, 0.15) is 11.2 Å². The SMILES string of the molecule is c1ccc(-c2nc(-c3ccc4c(c3)sc3ccc(-c5ccc6c7ccccc7n(-c7ccccc7)c6c5)cc34)nc(-c3cccc4c3oc3ccccc34)n2)cc1. The summed E-state index contributed by atoms with van der Waals surface area (Å²) in [5.41, 5.74) is 10.2. The van der Waals surface area contributed by atoms with Crippen LogP contribution in [-0.4, -0.2) is 19.5 Å². The van der Waals surface area contributed by atoms with E-state index in [2.05, 4.69) is 126 Å². The topological polar surface area (TPSA) is 56.7 Å². The Morgan fingerprint density at radius 1 is 0.386 bits per heavy atom. The predicted molar refractivity (Wildman–Crippen MR) is 236 cm³/mol. The molecule has 0 N–H and O–H groups in total. The summed E-state index contributed by atoms with van der Waals surface area (Å²) in [6.07, 6.45) is 0. The Morgan fingerprint density at radius 3 is 1.91 bits per heavy atom. The summed E-state index contributed by atoms with van der Waals surface area (Å²) >= 11 is 1.79. The summed E-state index contributed by atoms with van der Waals surface area (Å²) in [5.74, 6) is 1.81. The molecular weight excluding hydrogens is 717 g/mol. The third kappa shape index (κ3) is 5.12. The number of nitrogens with zero attached hydrogens (tertiary/aromatic N) is 4. The van der Waals surface area contributed by atoms with Gasteiger partial charge in [0.2, 0.25) is 0 Å². The molecule has 4 heterocycles. The highest BCUT2D eigenvalue weighted by Gasteiger charge is 2.19. The largest absolute Gasteiger partial charge is 0.455 e. The first kappa shape index (κ1) is 31.9. The van der Waals surface area contributed by atoms with Crippen LogP contribution in [0.1, 0.15) is 0 Å². The Kier molecular flexibility index (Phi) is 7.03. The summed E-state index contributed by atoms with van der Waals surface area (Å²) in [7, 11) is 0. The van der Waals surface area contributed by atoms with E-state index in [0.717, 1.165) is 44.3 Å². The van der Waals surface area contributed by atoms with E-state index in [1.165, 1.54) is 53.1 Å². The van der Waals surface area contributed by atoms with Gasteiger partial charge in [-0.1, -0.05) is 127 Å². The van der Waals surface area contributed by atoms with Gasteiger partial charge in [-0.3, -0.25) is 0 Å².